The first-order valence-corrected chi connectivity index (χ1v) is 15.3. The first-order valence-electron chi connectivity index (χ1n) is 15.3. The number of benzene rings is 3. The number of nitrogens with one attached hydrogen (secondary N) is 4. The smallest absolute Gasteiger partial charge is 0.408 e. The van der Waals surface area contributed by atoms with Gasteiger partial charge in [0.15, 0.2) is 6.10 Å². The number of hydrogen-bond acceptors (Lipinski definition) is 7. The van der Waals surface area contributed by atoms with Gasteiger partial charge in [-0.25, -0.2) is 4.79 Å². The van der Waals surface area contributed by atoms with Gasteiger partial charge in [0.05, 0.1) is 6.04 Å². The third kappa shape index (κ3) is 11.4. The third-order valence-electron chi connectivity index (χ3n) is 7.35. The van der Waals surface area contributed by atoms with E-state index in [1.165, 1.54) is 6.92 Å². The Bertz CT molecular complexity index is 1580. The molecule has 244 valence electrons. The minimum atomic E-state index is -1.60. The second-order valence-electron chi connectivity index (χ2n) is 11.0. The predicted octanol–water partition coefficient (Wildman–Crippen LogP) is 2.83. The van der Waals surface area contributed by atoms with E-state index in [1.807, 2.05) is 78.9 Å². The van der Waals surface area contributed by atoms with Crippen molar-refractivity contribution >= 4 is 23.8 Å². The van der Waals surface area contributed by atoms with E-state index in [1.54, 1.807) is 36.7 Å². The molecule has 0 bridgehead atoms. The molecule has 0 spiro atoms. The first kappa shape index (κ1) is 34.3. The van der Waals surface area contributed by atoms with Crippen LogP contribution in [-0.2, 0) is 45.1 Å². The van der Waals surface area contributed by atoms with Crippen LogP contribution >= 0.6 is 0 Å². The number of nitrogens with zero attached hydrogens (tertiary/aromatic N) is 1. The van der Waals surface area contributed by atoms with Crippen LogP contribution in [0.2, 0.25) is 0 Å². The van der Waals surface area contributed by atoms with E-state index in [0.29, 0.717) is 5.56 Å². The Morgan fingerprint density at radius 2 is 1.21 bits per heavy atom. The van der Waals surface area contributed by atoms with Gasteiger partial charge in [-0.15, -0.1) is 0 Å². The minimum Gasteiger partial charge on any atom is -0.445 e. The molecule has 4 aromatic rings. The largest absolute Gasteiger partial charge is 0.445 e. The number of aromatic nitrogens is 1. The fourth-order valence-corrected chi connectivity index (χ4v) is 4.73. The van der Waals surface area contributed by atoms with Crippen LogP contribution in [-0.4, -0.2) is 58.1 Å². The summed E-state index contributed by atoms with van der Waals surface area (Å²) in [5.74, 6) is -1.90. The van der Waals surface area contributed by atoms with Crippen LogP contribution in [0.25, 0.3) is 0 Å². The molecule has 0 saturated heterocycles. The van der Waals surface area contributed by atoms with Gasteiger partial charge in [0, 0.05) is 25.4 Å². The van der Waals surface area contributed by atoms with Gasteiger partial charge in [0.2, 0.25) is 11.8 Å². The second-order valence-corrected chi connectivity index (χ2v) is 11.0. The van der Waals surface area contributed by atoms with Crippen molar-refractivity contribution in [1.29, 1.82) is 0 Å². The Balaban J connectivity index is 1.45. The molecule has 0 aliphatic carbocycles. The molecule has 4 amide bonds. The Hall–Kier alpha value is -5.55. The van der Waals surface area contributed by atoms with Gasteiger partial charge < -0.3 is 31.1 Å². The van der Waals surface area contributed by atoms with Crippen LogP contribution in [0.15, 0.2) is 116 Å². The summed E-state index contributed by atoms with van der Waals surface area (Å²) in [6.07, 6.45) is 0.975. The lowest BCUT2D eigenvalue weighted by molar-refractivity contribution is -0.134. The van der Waals surface area contributed by atoms with Crippen molar-refractivity contribution in [2.45, 2.75) is 57.1 Å². The number of amides is 4. The van der Waals surface area contributed by atoms with Crippen LogP contribution in [0.4, 0.5) is 4.79 Å². The fraction of sp³-hybridized carbons (Fsp3) is 0.250. The molecule has 0 radical (unpaired) electrons. The zero-order valence-electron chi connectivity index (χ0n) is 26.0. The molecule has 11 heteroatoms. The molecule has 4 atom stereocenters. The van der Waals surface area contributed by atoms with Gasteiger partial charge in [-0.05, 0) is 47.7 Å². The van der Waals surface area contributed by atoms with Crippen LogP contribution in [0, 0.1) is 0 Å². The highest BCUT2D eigenvalue weighted by Crippen LogP contribution is 2.10. The highest BCUT2D eigenvalue weighted by atomic mass is 16.5. The number of pyridine rings is 1. The lowest BCUT2D eigenvalue weighted by Gasteiger charge is -2.27. The average Bonchev–Trinajstić information content (AvgIpc) is 3.10. The Morgan fingerprint density at radius 3 is 1.83 bits per heavy atom. The summed E-state index contributed by atoms with van der Waals surface area (Å²) in [6.45, 7) is 1.69. The number of alkyl carbamates (subject to hydrolysis) is 1. The minimum absolute atomic E-state index is 0.0259. The van der Waals surface area contributed by atoms with Crippen LogP contribution in [0.5, 0.6) is 0 Å². The molecule has 0 fully saturated rings. The summed E-state index contributed by atoms with van der Waals surface area (Å²) in [6, 6.07) is 27.7. The molecule has 1 heterocycles. The van der Waals surface area contributed by atoms with Gasteiger partial charge >= 0.3 is 6.09 Å². The van der Waals surface area contributed by atoms with E-state index in [-0.39, 0.29) is 26.0 Å². The molecule has 5 N–H and O–H groups in total. The first-order chi connectivity index (χ1) is 22.8. The molecule has 4 rings (SSSR count). The fourth-order valence-electron chi connectivity index (χ4n) is 4.73. The standard InChI is InChI=1S/C36H39N5O6/c1-25(39-36(46)47-24-29-15-9-4-10-16-29)33(43)41-31(22-27-17-19-37-20-18-27)34(44)40-30(21-26-11-5-2-6-12-26)32(42)35(45)38-23-28-13-7-3-8-14-28/h2-20,25,30-32,42H,21-24H2,1H3,(H,38,45)(H,39,46)(H,40,44)(H,41,43)/t25?,30-,31-,32-/m0/s1. The van der Waals surface area contributed by atoms with E-state index in [2.05, 4.69) is 26.3 Å². The van der Waals surface area contributed by atoms with Crippen molar-refractivity contribution in [3.8, 4) is 0 Å². The number of ether oxygens (including phenoxy) is 1. The predicted molar refractivity (Wildman–Crippen MR) is 175 cm³/mol. The normalized spacial score (nSPS) is 13.2. The van der Waals surface area contributed by atoms with Gasteiger partial charge in [-0.3, -0.25) is 19.4 Å². The Morgan fingerprint density at radius 1 is 0.660 bits per heavy atom. The molecule has 0 aliphatic heterocycles. The zero-order valence-corrected chi connectivity index (χ0v) is 26.0. The number of hydrogen-bond donors (Lipinski definition) is 5. The van der Waals surface area contributed by atoms with Crippen LogP contribution in [0.1, 0.15) is 29.2 Å². The summed E-state index contributed by atoms with van der Waals surface area (Å²) in [7, 11) is 0. The summed E-state index contributed by atoms with van der Waals surface area (Å²) in [4.78, 5) is 56.5. The number of rotatable bonds is 15. The van der Waals surface area contributed by atoms with Crippen molar-refractivity contribution in [3.63, 3.8) is 0 Å². The molecular formula is C36H39N5O6. The lowest BCUT2D eigenvalue weighted by Crippen LogP contribution is -2.58. The number of aliphatic hydroxyl groups excluding tert-OH is 1. The number of carbonyl (C=O) groups excluding carboxylic acids is 4. The van der Waals surface area contributed by atoms with Gasteiger partial charge in [-0.1, -0.05) is 91.0 Å². The molecule has 47 heavy (non-hydrogen) atoms. The van der Waals surface area contributed by atoms with Crippen LogP contribution < -0.4 is 21.3 Å². The van der Waals surface area contributed by atoms with Crippen molar-refractivity contribution in [1.82, 2.24) is 26.3 Å². The monoisotopic (exact) mass is 637 g/mol. The third-order valence-corrected chi connectivity index (χ3v) is 7.35. The SMILES string of the molecule is CC(NC(=O)OCc1ccccc1)C(=O)N[C@@H](Cc1ccncc1)C(=O)N[C@@H](Cc1ccccc1)[C@H](O)C(=O)NCc1ccccc1. The molecule has 1 aromatic heterocycles. The maximum atomic E-state index is 13.8. The topological polar surface area (TPSA) is 159 Å². The average molecular weight is 638 g/mol. The zero-order chi connectivity index (χ0) is 33.4. The molecule has 3 aromatic carbocycles. The highest BCUT2D eigenvalue weighted by molar-refractivity contribution is 5.92. The molecule has 0 aliphatic rings. The summed E-state index contributed by atoms with van der Waals surface area (Å²) in [5.41, 5.74) is 3.14. The van der Waals surface area contributed by atoms with Crippen LogP contribution in [0.3, 0.4) is 0 Å². The molecule has 1 unspecified atom stereocenters. The van der Waals surface area contributed by atoms with Gasteiger partial charge in [0.25, 0.3) is 5.91 Å². The molecule has 11 nitrogen and oxygen atoms in total. The summed E-state index contributed by atoms with van der Waals surface area (Å²) < 4.78 is 5.22. The number of carbonyl (C=O) groups is 4. The number of aliphatic hydroxyl groups is 1. The Kier molecular flexibility index (Phi) is 13.0. The van der Waals surface area contributed by atoms with E-state index in [9.17, 15) is 24.3 Å². The second kappa shape index (κ2) is 17.8. The van der Waals surface area contributed by atoms with E-state index in [4.69, 9.17) is 4.74 Å². The summed E-state index contributed by atoms with van der Waals surface area (Å²) >= 11 is 0. The van der Waals surface area contributed by atoms with Crippen molar-refractivity contribution < 1.29 is 29.0 Å². The van der Waals surface area contributed by atoms with Crippen molar-refractivity contribution in [3.05, 3.63) is 138 Å². The molecule has 0 saturated carbocycles. The van der Waals surface area contributed by atoms with Gasteiger partial charge in [0.1, 0.15) is 18.7 Å². The van der Waals surface area contributed by atoms with Crippen molar-refractivity contribution in [2.75, 3.05) is 0 Å². The van der Waals surface area contributed by atoms with E-state index in [0.717, 1.165) is 16.7 Å². The highest BCUT2D eigenvalue weighted by Gasteiger charge is 2.32. The van der Waals surface area contributed by atoms with Gasteiger partial charge in [-0.2, -0.15) is 0 Å². The lowest BCUT2D eigenvalue weighted by atomic mass is 9.99. The maximum absolute atomic E-state index is 13.8. The van der Waals surface area contributed by atoms with E-state index >= 15 is 0 Å². The van der Waals surface area contributed by atoms with Crippen molar-refractivity contribution in [2.24, 2.45) is 0 Å². The quantitative estimate of drug-likeness (QED) is 0.134. The Labute approximate surface area is 273 Å². The maximum Gasteiger partial charge on any atom is 0.408 e. The summed E-state index contributed by atoms with van der Waals surface area (Å²) in [5, 5.41) is 21.9. The van der Waals surface area contributed by atoms with E-state index < -0.39 is 48.0 Å². The molecular weight excluding hydrogens is 598 g/mol.